The van der Waals surface area contributed by atoms with Gasteiger partial charge in [0.1, 0.15) is 12.1 Å². The summed E-state index contributed by atoms with van der Waals surface area (Å²) in [5.41, 5.74) is 16.5. The first-order chi connectivity index (χ1) is 15.3. The summed E-state index contributed by atoms with van der Waals surface area (Å²) in [7, 11) is 0. The predicted octanol–water partition coefficient (Wildman–Crippen LogP) is -2.72. The van der Waals surface area contributed by atoms with Gasteiger partial charge in [0.15, 0.2) is 6.04 Å². The van der Waals surface area contributed by atoms with Crippen LogP contribution in [0.25, 0.3) is 0 Å². The number of hydrogen-bond acceptors (Lipinski definition) is 8. The zero-order valence-electron chi connectivity index (χ0n) is 19.4. The van der Waals surface area contributed by atoms with Gasteiger partial charge in [-0.1, -0.05) is 20.3 Å². The molecule has 5 unspecified atom stereocenters. The molecule has 0 aliphatic carbocycles. The number of unbranched alkanes of at least 4 members (excludes halogenated alkanes) is 1. The number of nitrogens with two attached hydrogens (primary N) is 3. The Bertz CT molecular complexity index is 686. The Morgan fingerprint density at radius 1 is 0.879 bits per heavy atom. The molecule has 0 radical (unpaired) electrons. The molecule has 0 aromatic rings. The summed E-state index contributed by atoms with van der Waals surface area (Å²) in [5, 5.41) is 25.6. The van der Waals surface area contributed by atoms with Crippen molar-refractivity contribution in [2.75, 3.05) is 6.54 Å². The normalized spacial score (nSPS) is 15.6. The lowest BCUT2D eigenvalue weighted by Gasteiger charge is -2.26. The third-order valence-corrected chi connectivity index (χ3v) is 4.73. The van der Waals surface area contributed by atoms with Gasteiger partial charge in [-0.3, -0.25) is 19.2 Å². The number of aliphatic carboxylic acids is 1. The number of amides is 4. The standard InChI is InChI=1S/C20H38N6O7/c1-10(2)8-13(24-17(29)12(22)6-4-5-7-21)18(30)25-14(9-15(23)28)19(31)26-16(11(3)27)20(32)33/h10-14,16,27H,4-9,21-22H2,1-3H3,(H2,23,28)(H,24,29)(H,25,30)(H,26,31)(H,32,33). The quantitative estimate of drug-likeness (QED) is 0.108. The Hall–Kier alpha value is -2.77. The van der Waals surface area contributed by atoms with Crippen molar-refractivity contribution in [3.63, 3.8) is 0 Å². The van der Waals surface area contributed by atoms with Crippen molar-refractivity contribution in [2.45, 2.75) is 83.1 Å². The molecule has 0 aliphatic rings. The van der Waals surface area contributed by atoms with E-state index in [1.807, 2.05) is 13.8 Å². The summed E-state index contributed by atoms with van der Waals surface area (Å²) in [6.07, 6.45) is -0.133. The molecule has 0 aromatic carbocycles. The van der Waals surface area contributed by atoms with Gasteiger partial charge in [0.05, 0.1) is 18.6 Å². The zero-order valence-corrected chi connectivity index (χ0v) is 19.4. The highest BCUT2D eigenvalue weighted by atomic mass is 16.4. The Balaban J connectivity index is 5.43. The van der Waals surface area contributed by atoms with Gasteiger partial charge in [-0.15, -0.1) is 0 Å². The lowest BCUT2D eigenvalue weighted by molar-refractivity contribution is -0.145. The van der Waals surface area contributed by atoms with Gasteiger partial charge in [0, 0.05) is 0 Å². The summed E-state index contributed by atoms with van der Waals surface area (Å²) in [5.74, 6) is -4.80. The van der Waals surface area contributed by atoms with E-state index in [1.165, 1.54) is 0 Å². The predicted molar refractivity (Wildman–Crippen MR) is 119 cm³/mol. The first-order valence-corrected chi connectivity index (χ1v) is 10.9. The number of hydrogen-bond donors (Lipinski definition) is 8. The molecule has 0 heterocycles. The summed E-state index contributed by atoms with van der Waals surface area (Å²) < 4.78 is 0. The summed E-state index contributed by atoms with van der Waals surface area (Å²) in [6.45, 7) is 5.27. The van der Waals surface area contributed by atoms with E-state index < -0.39 is 66.3 Å². The third kappa shape index (κ3) is 12.2. The van der Waals surface area contributed by atoms with Crippen LogP contribution in [0, 0.1) is 5.92 Å². The highest BCUT2D eigenvalue weighted by molar-refractivity contribution is 5.96. The molecule has 13 heteroatoms. The molecule has 0 aliphatic heterocycles. The molecule has 190 valence electrons. The second-order valence-electron chi connectivity index (χ2n) is 8.38. The minimum atomic E-state index is -1.66. The molecule has 0 spiro atoms. The molecule has 0 saturated carbocycles. The van der Waals surface area contributed by atoms with E-state index in [0.717, 1.165) is 6.92 Å². The van der Waals surface area contributed by atoms with Crippen LogP contribution >= 0.6 is 0 Å². The van der Waals surface area contributed by atoms with Gasteiger partial charge >= 0.3 is 5.97 Å². The van der Waals surface area contributed by atoms with E-state index in [0.29, 0.717) is 25.8 Å². The van der Waals surface area contributed by atoms with Crippen LogP contribution in [0.5, 0.6) is 0 Å². The van der Waals surface area contributed by atoms with E-state index in [2.05, 4.69) is 16.0 Å². The van der Waals surface area contributed by atoms with Crippen LogP contribution < -0.4 is 33.2 Å². The van der Waals surface area contributed by atoms with Crippen molar-refractivity contribution in [1.82, 2.24) is 16.0 Å². The topological polar surface area (TPSA) is 240 Å². The van der Waals surface area contributed by atoms with Gasteiger partial charge in [-0.05, 0) is 38.6 Å². The van der Waals surface area contributed by atoms with Crippen LogP contribution in [0.2, 0.25) is 0 Å². The van der Waals surface area contributed by atoms with Gasteiger partial charge in [0.2, 0.25) is 23.6 Å². The van der Waals surface area contributed by atoms with Crippen LogP contribution in [-0.4, -0.2) is 76.6 Å². The number of carbonyl (C=O) groups excluding carboxylic acids is 4. The van der Waals surface area contributed by atoms with Crippen molar-refractivity contribution in [1.29, 1.82) is 0 Å². The monoisotopic (exact) mass is 474 g/mol. The first kappa shape index (κ1) is 30.2. The van der Waals surface area contributed by atoms with Crippen molar-refractivity contribution in [3.8, 4) is 0 Å². The maximum absolute atomic E-state index is 12.9. The van der Waals surface area contributed by atoms with Crippen molar-refractivity contribution >= 4 is 29.6 Å². The number of rotatable bonds is 16. The molecule has 0 rings (SSSR count). The molecule has 0 bridgehead atoms. The summed E-state index contributed by atoms with van der Waals surface area (Å²) >= 11 is 0. The van der Waals surface area contributed by atoms with Crippen LogP contribution in [0.1, 0.15) is 52.9 Å². The fraction of sp³-hybridized carbons (Fsp3) is 0.750. The van der Waals surface area contributed by atoms with Crippen molar-refractivity contribution < 1.29 is 34.2 Å². The number of primary amides is 1. The van der Waals surface area contributed by atoms with Crippen LogP contribution in [0.3, 0.4) is 0 Å². The van der Waals surface area contributed by atoms with Crippen LogP contribution in [0.15, 0.2) is 0 Å². The molecular weight excluding hydrogens is 436 g/mol. The zero-order chi connectivity index (χ0) is 25.7. The van der Waals surface area contributed by atoms with Gasteiger partial charge in [-0.2, -0.15) is 0 Å². The minimum absolute atomic E-state index is 0.0236. The SMILES string of the molecule is CC(C)CC(NC(=O)C(N)CCCCN)C(=O)NC(CC(N)=O)C(=O)NC(C(=O)O)C(C)O. The molecule has 4 amide bonds. The number of carbonyl (C=O) groups is 5. The smallest absolute Gasteiger partial charge is 0.328 e. The molecule has 11 N–H and O–H groups in total. The van der Waals surface area contributed by atoms with E-state index in [9.17, 15) is 29.1 Å². The summed E-state index contributed by atoms with van der Waals surface area (Å²) in [6, 6.07) is -5.10. The Morgan fingerprint density at radius 3 is 1.88 bits per heavy atom. The minimum Gasteiger partial charge on any atom is -0.480 e. The fourth-order valence-corrected chi connectivity index (χ4v) is 2.95. The number of carboxylic acid groups (broad SMARTS) is 1. The molecule has 13 nitrogen and oxygen atoms in total. The number of aliphatic hydroxyl groups excluding tert-OH is 1. The molecule has 0 saturated heterocycles. The van der Waals surface area contributed by atoms with E-state index in [1.54, 1.807) is 0 Å². The molecule has 5 atom stereocenters. The fourth-order valence-electron chi connectivity index (χ4n) is 2.95. The van der Waals surface area contributed by atoms with Crippen molar-refractivity contribution in [2.24, 2.45) is 23.1 Å². The maximum atomic E-state index is 12.9. The lowest BCUT2D eigenvalue weighted by atomic mass is 10.0. The van der Waals surface area contributed by atoms with Gasteiger partial charge in [0.25, 0.3) is 0 Å². The van der Waals surface area contributed by atoms with E-state index in [4.69, 9.17) is 22.3 Å². The van der Waals surface area contributed by atoms with Gasteiger partial charge < -0.3 is 43.4 Å². The van der Waals surface area contributed by atoms with Gasteiger partial charge in [-0.25, -0.2) is 4.79 Å². The Kier molecular flexibility index (Phi) is 13.9. The highest BCUT2D eigenvalue weighted by Gasteiger charge is 2.32. The summed E-state index contributed by atoms with van der Waals surface area (Å²) in [4.78, 5) is 60.5. The largest absolute Gasteiger partial charge is 0.480 e. The number of carboxylic acids is 1. The molecule has 33 heavy (non-hydrogen) atoms. The Labute approximate surface area is 193 Å². The Morgan fingerprint density at radius 2 is 1.42 bits per heavy atom. The van der Waals surface area contributed by atoms with Crippen molar-refractivity contribution in [3.05, 3.63) is 0 Å². The average molecular weight is 475 g/mol. The maximum Gasteiger partial charge on any atom is 0.328 e. The second-order valence-corrected chi connectivity index (χ2v) is 8.38. The van der Waals surface area contributed by atoms with Crippen LogP contribution in [0.4, 0.5) is 0 Å². The number of aliphatic hydroxyl groups is 1. The second kappa shape index (κ2) is 15.1. The van der Waals surface area contributed by atoms with Crippen LogP contribution in [-0.2, 0) is 24.0 Å². The molecular formula is C20H38N6O7. The van der Waals surface area contributed by atoms with E-state index in [-0.39, 0.29) is 12.3 Å². The molecule has 0 fully saturated rings. The average Bonchev–Trinajstić information content (AvgIpc) is 2.69. The third-order valence-electron chi connectivity index (χ3n) is 4.73. The lowest BCUT2D eigenvalue weighted by Crippen LogP contribution is -2.59. The van der Waals surface area contributed by atoms with E-state index >= 15 is 0 Å². The highest BCUT2D eigenvalue weighted by Crippen LogP contribution is 2.08. The molecule has 0 aromatic heterocycles. The first-order valence-electron chi connectivity index (χ1n) is 10.9. The number of nitrogens with one attached hydrogen (secondary N) is 3.